The van der Waals surface area contributed by atoms with Crippen molar-refractivity contribution in [3.63, 3.8) is 0 Å². The third-order valence-electron chi connectivity index (χ3n) is 3.31. The highest BCUT2D eigenvalue weighted by Gasteiger charge is 2.27. The highest BCUT2D eigenvalue weighted by atomic mass is 16.6. The molecule has 0 aromatic heterocycles. The van der Waals surface area contributed by atoms with Crippen molar-refractivity contribution >= 4 is 5.69 Å². The number of methoxy groups -OCH3 is 1. The van der Waals surface area contributed by atoms with E-state index in [1.54, 1.807) is 0 Å². The highest BCUT2D eigenvalue weighted by molar-refractivity contribution is 5.50. The average Bonchev–Trinajstić information content (AvgIpc) is 2.41. The number of ether oxygens (including phenoxy) is 2. The summed E-state index contributed by atoms with van der Waals surface area (Å²) in [6, 6.07) is 4.35. The molecule has 0 spiro atoms. The Kier molecular flexibility index (Phi) is 4.21. The SMILES string of the molecule is COc1ccc([N+](=O)[O-])c(OC2CCCCC2O)c1. The average molecular weight is 267 g/mol. The third-order valence-corrected chi connectivity index (χ3v) is 3.31. The van der Waals surface area contributed by atoms with Crippen LogP contribution in [0.25, 0.3) is 0 Å². The molecule has 19 heavy (non-hydrogen) atoms. The molecule has 0 heterocycles. The molecule has 6 nitrogen and oxygen atoms in total. The van der Waals surface area contributed by atoms with Crippen LogP contribution in [0.15, 0.2) is 18.2 Å². The van der Waals surface area contributed by atoms with Gasteiger partial charge in [-0.25, -0.2) is 0 Å². The number of aliphatic hydroxyl groups excluding tert-OH is 1. The van der Waals surface area contributed by atoms with E-state index in [9.17, 15) is 15.2 Å². The molecule has 0 aliphatic heterocycles. The zero-order chi connectivity index (χ0) is 13.8. The van der Waals surface area contributed by atoms with Crippen LogP contribution in [-0.4, -0.2) is 29.3 Å². The number of aliphatic hydroxyl groups is 1. The molecule has 104 valence electrons. The standard InChI is InChI=1S/C13H17NO5/c1-18-9-6-7-10(14(16)17)13(8-9)19-12-5-3-2-4-11(12)15/h6-8,11-12,15H,2-5H2,1H3. The Labute approximate surface area is 111 Å². The van der Waals surface area contributed by atoms with Crippen LogP contribution in [0.3, 0.4) is 0 Å². The zero-order valence-electron chi connectivity index (χ0n) is 10.7. The van der Waals surface area contributed by atoms with Crippen LogP contribution >= 0.6 is 0 Å². The minimum atomic E-state index is -0.570. The topological polar surface area (TPSA) is 81.8 Å². The van der Waals surface area contributed by atoms with Crippen LogP contribution in [0.1, 0.15) is 25.7 Å². The molecule has 1 aliphatic carbocycles. The number of rotatable bonds is 4. The first-order chi connectivity index (χ1) is 9.11. The van der Waals surface area contributed by atoms with Gasteiger partial charge in [0.05, 0.1) is 18.1 Å². The van der Waals surface area contributed by atoms with Crippen LogP contribution in [0.5, 0.6) is 11.5 Å². The maximum Gasteiger partial charge on any atom is 0.311 e. The van der Waals surface area contributed by atoms with E-state index in [0.29, 0.717) is 18.6 Å². The molecular formula is C13H17NO5. The van der Waals surface area contributed by atoms with Gasteiger partial charge in [-0.15, -0.1) is 0 Å². The van der Waals surface area contributed by atoms with E-state index >= 15 is 0 Å². The van der Waals surface area contributed by atoms with Gasteiger partial charge in [-0.1, -0.05) is 6.42 Å². The third kappa shape index (κ3) is 3.14. The first-order valence-corrected chi connectivity index (χ1v) is 6.29. The molecule has 2 rings (SSSR count). The minimum absolute atomic E-state index is 0.112. The Morgan fingerprint density at radius 1 is 1.37 bits per heavy atom. The van der Waals surface area contributed by atoms with Crippen LogP contribution in [0, 0.1) is 10.1 Å². The lowest BCUT2D eigenvalue weighted by Crippen LogP contribution is -2.34. The lowest BCUT2D eigenvalue weighted by molar-refractivity contribution is -0.386. The molecule has 2 unspecified atom stereocenters. The zero-order valence-corrected chi connectivity index (χ0v) is 10.7. The predicted octanol–water partition coefficient (Wildman–Crippen LogP) is 2.29. The summed E-state index contributed by atoms with van der Waals surface area (Å²) in [7, 11) is 1.49. The molecule has 1 fully saturated rings. The minimum Gasteiger partial charge on any atom is -0.497 e. The van der Waals surface area contributed by atoms with Gasteiger partial charge in [-0.2, -0.15) is 0 Å². The Morgan fingerprint density at radius 2 is 2.11 bits per heavy atom. The van der Waals surface area contributed by atoms with Crippen molar-refractivity contribution in [3.8, 4) is 11.5 Å². The molecule has 1 N–H and O–H groups in total. The number of hydrogen-bond donors (Lipinski definition) is 1. The van der Waals surface area contributed by atoms with Crippen LogP contribution in [0.2, 0.25) is 0 Å². The fraction of sp³-hybridized carbons (Fsp3) is 0.538. The fourth-order valence-electron chi connectivity index (χ4n) is 2.24. The number of nitrogens with zero attached hydrogens (tertiary/aromatic N) is 1. The fourth-order valence-corrected chi connectivity index (χ4v) is 2.24. The molecule has 0 saturated heterocycles. The Morgan fingerprint density at radius 3 is 2.74 bits per heavy atom. The molecule has 6 heteroatoms. The van der Waals surface area contributed by atoms with Crippen molar-refractivity contribution in [2.45, 2.75) is 37.9 Å². The quantitative estimate of drug-likeness (QED) is 0.668. The van der Waals surface area contributed by atoms with Crippen molar-refractivity contribution < 1.29 is 19.5 Å². The van der Waals surface area contributed by atoms with Gasteiger partial charge in [0.2, 0.25) is 5.75 Å². The summed E-state index contributed by atoms with van der Waals surface area (Å²) in [5.41, 5.74) is -0.112. The van der Waals surface area contributed by atoms with Crippen LogP contribution in [-0.2, 0) is 0 Å². The van der Waals surface area contributed by atoms with Crippen LogP contribution in [0.4, 0.5) is 5.69 Å². The number of nitro groups is 1. The predicted molar refractivity (Wildman–Crippen MR) is 68.5 cm³/mol. The molecule has 0 bridgehead atoms. The van der Waals surface area contributed by atoms with Gasteiger partial charge in [0, 0.05) is 12.1 Å². The monoisotopic (exact) mass is 267 g/mol. The van der Waals surface area contributed by atoms with Crippen molar-refractivity contribution in [2.24, 2.45) is 0 Å². The lowest BCUT2D eigenvalue weighted by atomic mass is 9.95. The van der Waals surface area contributed by atoms with E-state index in [2.05, 4.69) is 0 Å². The second-order valence-electron chi connectivity index (χ2n) is 4.60. The number of hydrogen-bond acceptors (Lipinski definition) is 5. The first kappa shape index (κ1) is 13.6. The Bertz CT molecular complexity index is 462. The largest absolute Gasteiger partial charge is 0.497 e. The first-order valence-electron chi connectivity index (χ1n) is 6.29. The number of benzene rings is 1. The van der Waals surface area contributed by atoms with E-state index in [1.807, 2.05) is 0 Å². The van der Waals surface area contributed by atoms with Crippen molar-refractivity contribution in [1.29, 1.82) is 0 Å². The number of nitro benzene ring substituents is 1. The molecule has 2 atom stereocenters. The highest BCUT2D eigenvalue weighted by Crippen LogP contribution is 2.34. The smallest absolute Gasteiger partial charge is 0.311 e. The summed E-state index contributed by atoms with van der Waals surface area (Å²) in [5, 5.41) is 20.8. The summed E-state index contributed by atoms with van der Waals surface area (Å²) in [6.45, 7) is 0. The maximum absolute atomic E-state index is 11.0. The molecule has 1 aromatic carbocycles. The van der Waals surface area contributed by atoms with Crippen molar-refractivity contribution in [2.75, 3.05) is 7.11 Å². The van der Waals surface area contributed by atoms with Crippen molar-refractivity contribution in [1.82, 2.24) is 0 Å². The second kappa shape index (κ2) is 5.88. The normalized spacial score (nSPS) is 22.8. The summed E-state index contributed by atoms with van der Waals surface area (Å²) >= 11 is 0. The lowest BCUT2D eigenvalue weighted by Gasteiger charge is -2.28. The molecule has 1 aliphatic rings. The van der Waals surface area contributed by atoms with Crippen molar-refractivity contribution in [3.05, 3.63) is 28.3 Å². The Hall–Kier alpha value is -1.82. The van der Waals surface area contributed by atoms with Gasteiger partial charge in [-0.05, 0) is 25.3 Å². The molecular weight excluding hydrogens is 250 g/mol. The second-order valence-corrected chi connectivity index (χ2v) is 4.60. The summed E-state index contributed by atoms with van der Waals surface area (Å²) < 4.78 is 10.7. The van der Waals surface area contributed by atoms with Crippen LogP contribution < -0.4 is 9.47 Å². The molecule has 1 saturated carbocycles. The van der Waals surface area contributed by atoms with Gasteiger partial charge in [0.15, 0.2) is 0 Å². The van der Waals surface area contributed by atoms with E-state index in [1.165, 1.54) is 25.3 Å². The van der Waals surface area contributed by atoms with Gasteiger partial charge in [-0.3, -0.25) is 10.1 Å². The van der Waals surface area contributed by atoms with E-state index in [0.717, 1.165) is 12.8 Å². The molecule has 0 radical (unpaired) electrons. The Balaban J connectivity index is 2.23. The van der Waals surface area contributed by atoms with E-state index < -0.39 is 11.0 Å². The van der Waals surface area contributed by atoms with Gasteiger partial charge < -0.3 is 14.6 Å². The maximum atomic E-state index is 11.0. The van der Waals surface area contributed by atoms with E-state index in [-0.39, 0.29) is 17.5 Å². The van der Waals surface area contributed by atoms with Gasteiger partial charge in [0.25, 0.3) is 0 Å². The molecule has 1 aromatic rings. The molecule has 0 amide bonds. The van der Waals surface area contributed by atoms with E-state index in [4.69, 9.17) is 9.47 Å². The summed E-state index contributed by atoms with van der Waals surface area (Å²) in [5.74, 6) is 0.640. The van der Waals surface area contributed by atoms with Gasteiger partial charge >= 0.3 is 5.69 Å². The summed E-state index contributed by atoms with van der Waals surface area (Å²) in [4.78, 5) is 10.5. The van der Waals surface area contributed by atoms with Gasteiger partial charge in [0.1, 0.15) is 11.9 Å². The summed E-state index contributed by atoms with van der Waals surface area (Å²) in [6.07, 6.45) is 2.33.